The Balaban J connectivity index is 2.04. The molecule has 2 atom stereocenters. The first-order valence-electron chi connectivity index (χ1n) is 7.63. The molecule has 2 heterocycles. The number of hydrogen-bond donors (Lipinski definition) is 1. The first kappa shape index (κ1) is 15.0. The monoisotopic (exact) mass is 281 g/mol. The van der Waals surface area contributed by atoms with Gasteiger partial charge in [-0.05, 0) is 57.7 Å². The molecule has 1 fully saturated rings. The summed E-state index contributed by atoms with van der Waals surface area (Å²) < 4.78 is 6.05. The third-order valence-corrected chi connectivity index (χ3v) is 5.35. The molecule has 0 aliphatic carbocycles. The highest BCUT2D eigenvalue weighted by molar-refractivity contribution is 7.11. The molecule has 0 amide bonds. The van der Waals surface area contributed by atoms with Crippen LogP contribution in [0.1, 0.15) is 49.8 Å². The lowest BCUT2D eigenvalue weighted by Crippen LogP contribution is -2.50. The van der Waals surface area contributed by atoms with Crippen molar-refractivity contribution < 1.29 is 4.74 Å². The minimum atomic E-state index is 0.0194. The molecular formula is C16H27NOS. The molecule has 0 spiro atoms. The van der Waals surface area contributed by atoms with Gasteiger partial charge in [0.25, 0.3) is 0 Å². The van der Waals surface area contributed by atoms with E-state index in [1.165, 1.54) is 29.0 Å². The molecule has 1 aliphatic rings. The average Bonchev–Trinajstić information content (AvgIpc) is 3.04. The van der Waals surface area contributed by atoms with E-state index in [9.17, 15) is 0 Å². The lowest BCUT2D eigenvalue weighted by Gasteiger charge is -2.34. The highest BCUT2D eigenvalue weighted by Crippen LogP contribution is 2.31. The molecule has 2 unspecified atom stereocenters. The van der Waals surface area contributed by atoms with Gasteiger partial charge in [0.05, 0.1) is 5.60 Å². The van der Waals surface area contributed by atoms with Crippen molar-refractivity contribution in [2.75, 3.05) is 13.2 Å². The van der Waals surface area contributed by atoms with Gasteiger partial charge < -0.3 is 10.1 Å². The Morgan fingerprint density at radius 3 is 2.74 bits per heavy atom. The third-order valence-electron chi connectivity index (χ3n) is 4.10. The molecule has 2 rings (SSSR count). The SMILES string of the molecule is CCCNC(Cc1ccc(CC)s1)C1(C)CCCO1. The Morgan fingerprint density at radius 1 is 1.37 bits per heavy atom. The fourth-order valence-corrected chi connectivity index (χ4v) is 3.82. The minimum Gasteiger partial charge on any atom is -0.374 e. The Bertz CT molecular complexity index is 382. The highest BCUT2D eigenvalue weighted by Gasteiger charge is 2.38. The second-order valence-electron chi connectivity index (χ2n) is 5.70. The predicted octanol–water partition coefficient (Wildman–Crippen LogP) is 3.79. The Kier molecular flexibility index (Phi) is 5.43. The van der Waals surface area contributed by atoms with Crippen molar-refractivity contribution in [1.82, 2.24) is 5.32 Å². The summed E-state index contributed by atoms with van der Waals surface area (Å²) >= 11 is 1.96. The van der Waals surface area contributed by atoms with Crippen LogP contribution in [0.3, 0.4) is 0 Å². The minimum absolute atomic E-state index is 0.0194. The Morgan fingerprint density at radius 2 is 2.16 bits per heavy atom. The van der Waals surface area contributed by atoms with Gasteiger partial charge >= 0.3 is 0 Å². The van der Waals surface area contributed by atoms with Gasteiger partial charge in [0.2, 0.25) is 0 Å². The molecular weight excluding hydrogens is 254 g/mol. The molecule has 19 heavy (non-hydrogen) atoms. The zero-order valence-electron chi connectivity index (χ0n) is 12.5. The molecule has 108 valence electrons. The molecule has 0 bridgehead atoms. The molecule has 1 N–H and O–H groups in total. The number of hydrogen-bond acceptors (Lipinski definition) is 3. The number of rotatable bonds is 7. The van der Waals surface area contributed by atoms with Crippen LogP contribution in [0.4, 0.5) is 0 Å². The summed E-state index contributed by atoms with van der Waals surface area (Å²) in [7, 11) is 0. The van der Waals surface area contributed by atoms with Crippen molar-refractivity contribution in [2.24, 2.45) is 0 Å². The van der Waals surface area contributed by atoms with E-state index >= 15 is 0 Å². The second-order valence-corrected chi connectivity index (χ2v) is 6.95. The number of ether oxygens (including phenoxy) is 1. The molecule has 0 aromatic carbocycles. The third kappa shape index (κ3) is 3.80. The van der Waals surface area contributed by atoms with Crippen molar-refractivity contribution in [1.29, 1.82) is 0 Å². The lowest BCUT2D eigenvalue weighted by molar-refractivity contribution is -0.0112. The number of aryl methyl sites for hydroxylation is 1. The van der Waals surface area contributed by atoms with Crippen LogP contribution in [0.5, 0.6) is 0 Å². The van der Waals surface area contributed by atoms with Gasteiger partial charge in [-0.2, -0.15) is 0 Å². The first-order valence-corrected chi connectivity index (χ1v) is 8.44. The van der Waals surface area contributed by atoms with Gasteiger partial charge in [-0.15, -0.1) is 11.3 Å². The lowest BCUT2D eigenvalue weighted by atomic mass is 9.90. The van der Waals surface area contributed by atoms with Gasteiger partial charge in [-0.3, -0.25) is 0 Å². The van der Waals surface area contributed by atoms with E-state index in [2.05, 4.69) is 38.2 Å². The van der Waals surface area contributed by atoms with E-state index in [0.717, 1.165) is 26.0 Å². The molecule has 0 saturated carbocycles. The zero-order chi connectivity index (χ0) is 13.7. The standard InChI is InChI=1S/C16H27NOS/c1-4-10-17-15(16(3)9-6-11-18-16)12-14-8-7-13(5-2)19-14/h7-8,15,17H,4-6,9-12H2,1-3H3. The Labute approximate surface area is 121 Å². The van der Waals surface area contributed by atoms with Crippen molar-refractivity contribution in [3.05, 3.63) is 21.9 Å². The maximum absolute atomic E-state index is 6.05. The van der Waals surface area contributed by atoms with Gasteiger partial charge in [-0.25, -0.2) is 0 Å². The molecule has 1 aromatic heterocycles. The maximum Gasteiger partial charge on any atom is 0.0811 e. The fraction of sp³-hybridized carbons (Fsp3) is 0.750. The number of nitrogens with one attached hydrogen (secondary N) is 1. The molecule has 1 aromatic rings. The summed E-state index contributed by atoms with van der Waals surface area (Å²) in [5.74, 6) is 0. The van der Waals surface area contributed by atoms with Crippen LogP contribution in [0, 0.1) is 0 Å². The van der Waals surface area contributed by atoms with Crippen LogP contribution < -0.4 is 5.32 Å². The van der Waals surface area contributed by atoms with Crippen LogP contribution in [0.15, 0.2) is 12.1 Å². The number of thiophene rings is 1. The van der Waals surface area contributed by atoms with Gasteiger partial charge in [0, 0.05) is 22.4 Å². The van der Waals surface area contributed by atoms with Gasteiger partial charge in [-0.1, -0.05) is 13.8 Å². The van der Waals surface area contributed by atoms with Gasteiger partial charge in [0.1, 0.15) is 0 Å². The largest absolute Gasteiger partial charge is 0.374 e. The predicted molar refractivity (Wildman–Crippen MR) is 83.1 cm³/mol. The molecule has 0 radical (unpaired) electrons. The molecule has 3 heteroatoms. The van der Waals surface area contributed by atoms with Crippen LogP contribution in [-0.4, -0.2) is 24.8 Å². The summed E-state index contributed by atoms with van der Waals surface area (Å²) in [6, 6.07) is 5.01. The average molecular weight is 281 g/mol. The summed E-state index contributed by atoms with van der Waals surface area (Å²) in [5, 5.41) is 3.71. The topological polar surface area (TPSA) is 21.3 Å². The van der Waals surface area contributed by atoms with Crippen LogP contribution in [0.2, 0.25) is 0 Å². The van der Waals surface area contributed by atoms with E-state index < -0.39 is 0 Å². The van der Waals surface area contributed by atoms with Crippen molar-refractivity contribution >= 4 is 11.3 Å². The molecule has 2 nitrogen and oxygen atoms in total. The van der Waals surface area contributed by atoms with E-state index in [0.29, 0.717) is 6.04 Å². The maximum atomic E-state index is 6.05. The zero-order valence-corrected chi connectivity index (χ0v) is 13.3. The van der Waals surface area contributed by atoms with Crippen LogP contribution in [0.25, 0.3) is 0 Å². The van der Waals surface area contributed by atoms with Gasteiger partial charge in [0.15, 0.2) is 0 Å². The van der Waals surface area contributed by atoms with Crippen molar-refractivity contribution in [3.8, 4) is 0 Å². The summed E-state index contributed by atoms with van der Waals surface area (Å²) in [6.07, 6.45) is 5.80. The van der Waals surface area contributed by atoms with Crippen molar-refractivity contribution in [2.45, 2.75) is 64.5 Å². The van der Waals surface area contributed by atoms with E-state index in [-0.39, 0.29) is 5.60 Å². The van der Waals surface area contributed by atoms with E-state index in [4.69, 9.17) is 4.74 Å². The first-order chi connectivity index (χ1) is 9.18. The summed E-state index contributed by atoms with van der Waals surface area (Å²) in [6.45, 7) is 8.73. The summed E-state index contributed by atoms with van der Waals surface area (Å²) in [4.78, 5) is 2.98. The Hall–Kier alpha value is -0.380. The van der Waals surface area contributed by atoms with Crippen molar-refractivity contribution in [3.63, 3.8) is 0 Å². The molecule has 1 saturated heterocycles. The van der Waals surface area contributed by atoms with Crippen LogP contribution >= 0.6 is 11.3 Å². The normalized spacial score (nSPS) is 24.8. The van der Waals surface area contributed by atoms with E-state index in [1.54, 1.807) is 0 Å². The fourth-order valence-electron chi connectivity index (χ4n) is 2.82. The summed E-state index contributed by atoms with van der Waals surface area (Å²) in [5.41, 5.74) is 0.0194. The quantitative estimate of drug-likeness (QED) is 0.821. The smallest absolute Gasteiger partial charge is 0.0811 e. The van der Waals surface area contributed by atoms with E-state index in [1.807, 2.05) is 11.3 Å². The molecule has 1 aliphatic heterocycles. The van der Waals surface area contributed by atoms with Crippen LogP contribution in [-0.2, 0) is 17.6 Å². The highest BCUT2D eigenvalue weighted by atomic mass is 32.1. The second kappa shape index (κ2) is 6.87.